The van der Waals surface area contributed by atoms with E-state index in [9.17, 15) is 24.8 Å². The summed E-state index contributed by atoms with van der Waals surface area (Å²) in [5, 5.41) is 20.1. The fourth-order valence-corrected chi connectivity index (χ4v) is 3.57. The molecule has 154 valence electrons. The summed E-state index contributed by atoms with van der Waals surface area (Å²) < 4.78 is 5.52. The number of nitrogens with zero attached hydrogens (tertiary/aromatic N) is 2. The second kappa shape index (κ2) is 11.4. The maximum Gasteiger partial charge on any atom is 0.280 e. The van der Waals surface area contributed by atoms with Crippen molar-refractivity contribution >= 4 is 17.9 Å². The first kappa shape index (κ1) is 21.8. The van der Waals surface area contributed by atoms with Crippen molar-refractivity contribution in [1.82, 2.24) is 4.90 Å². The summed E-state index contributed by atoms with van der Waals surface area (Å²) in [5.41, 5.74) is -0.305. The number of aliphatic hydroxyl groups excluding tert-OH is 1. The zero-order valence-electron chi connectivity index (χ0n) is 16.0. The topological polar surface area (TPSA) is 110 Å². The normalized spacial score (nSPS) is 14.5. The third-order valence-corrected chi connectivity index (χ3v) is 5.05. The fourth-order valence-electron chi connectivity index (χ4n) is 3.57. The van der Waals surface area contributed by atoms with Gasteiger partial charge in [-0.1, -0.05) is 19.3 Å². The predicted octanol–water partition coefficient (Wildman–Crippen LogP) is 2.97. The van der Waals surface area contributed by atoms with Crippen molar-refractivity contribution < 1.29 is 24.4 Å². The summed E-state index contributed by atoms with van der Waals surface area (Å²) in [6, 6.07) is 4.00. The van der Waals surface area contributed by atoms with Crippen molar-refractivity contribution in [3.05, 3.63) is 33.9 Å². The molecule has 28 heavy (non-hydrogen) atoms. The number of nitro benzene ring substituents is 1. The number of nitro groups is 1. The Hall–Kier alpha value is -2.48. The Morgan fingerprint density at radius 3 is 2.71 bits per heavy atom. The SMILES string of the molecule is O=Cc1cc(OCCCC(=O)N(CCO)CC2CCCCC2)ccc1[N+](=O)[O-]. The lowest BCUT2D eigenvalue weighted by Crippen LogP contribution is -2.38. The first-order valence-corrected chi connectivity index (χ1v) is 9.80. The molecule has 0 saturated heterocycles. The van der Waals surface area contributed by atoms with Gasteiger partial charge in [0.2, 0.25) is 5.91 Å². The molecule has 1 fully saturated rings. The molecule has 0 spiro atoms. The van der Waals surface area contributed by atoms with Gasteiger partial charge in [0.1, 0.15) is 5.75 Å². The van der Waals surface area contributed by atoms with E-state index in [0.717, 1.165) is 12.8 Å². The van der Waals surface area contributed by atoms with E-state index in [1.807, 2.05) is 0 Å². The van der Waals surface area contributed by atoms with Crippen molar-refractivity contribution in [2.75, 3.05) is 26.3 Å². The van der Waals surface area contributed by atoms with Gasteiger partial charge in [0.15, 0.2) is 6.29 Å². The highest BCUT2D eigenvalue weighted by Gasteiger charge is 2.20. The van der Waals surface area contributed by atoms with Crippen LogP contribution in [0.3, 0.4) is 0 Å². The fraction of sp³-hybridized carbons (Fsp3) is 0.600. The number of amides is 1. The van der Waals surface area contributed by atoms with Crippen LogP contribution in [0.1, 0.15) is 55.3 Å². The Balaban J connectivity index is 1.79. The third-order valence-electron chi connectivity index (χ3n) is 5.05. The number of hydrogen-bond acceptors (Lipinski definition) is 6. The van der Waals surface area contributed by atoms with Gasteiger partial charge in [-0.2, -0.15) is 0 Å². The predicted molar refractivity (Wildman–Crippen MR) is 103 cm³/mol. The minimum Gasteiger partial charge on any atom is -0.494 e. The lowest BCUT2D eigenvalue weighted by Gasteiger charge is -2.29. The Bertz CT molecular complexity index is 673. The molecule has 0 radical (unpaired) electrons. The van der Waals surface area contributed by atoms with Gasteiger partial charge in [0.25, 0.3) is 5.69 Å². The lowest BCUT2D eigenvalue weighted by atomic mass is 9.89. The first-order chi connectivity index (χ1) is 13.5. The van der Waals surface area contributed by atoms with Crippen LogP contribution in [-0.2, 0) is 4.79 Å². The van der Waals surface area contributed by atoms with Crippen LogP contribution in [0.15, 0.2) is 18.2 Å². The van der Waals surface area contributed by atoms with Crippen LogP contribution in [0, 0.1) is 16.0 Å². The molecule has 1 saturated carbocycles. The van der Waals surface area contributed by atoms with Crippen molar-refractivity contribution in [2.45, 2.75) is 44.9 Å². The maximum atomic E-state index is 12.5. The number of benzene rings is 1. The van der Waals surface area contributed by atoms with Gasteiger partial charge >= 0.3 is 0 Å². The number of aliphatic hydroxyl groups is 1. The highest BCUT2D eigenvalue weighted by Crippen LogP contribution is 2.25. The van der Waals surface area contributed by atoms with Crippen LogP contribution >= 0.6 is 0 Å². The summed E-state index contributed by atoms with van der Waals surface area (Å²) in [4.78, 5) is 35.4. The highest BCUT2D eigenvalue weighted by molar-refractivity contribution is 5.82. The van der Waals surface area contributed by atoms with Crippen LogP contribution in [-0.4, -0.2) is 53.4 Å². The van der Waals surface area contributed by atoms with E-state index in [2.05, 4.69) is 0 Å². The molecule has 0 aliphatic heterocycles. The van der Waals surface area contributed by atoms with Gasteiger partial charge in [-0.05, 0) is 37.3 Å². The number of aldehydes is 1. The van der Waals surface area contributed by atoms with Crippen LogP contribution in [0.4, 0.5) is 5.69 Å². The van der Waals surface area contributed by atoms with Crippen LogP contribution in [0.2, 0.25) is 0 Å². The van der Waals surface area contributed by atoms with Gasteiger partial charge in [-0.15, -0.1) is 0 Å². The molecule has 8 heteroatoms. The molecule has 0 aromatic heterocycles. The molecule has 8 nitrogen and oxygen atoms in total. The molecule has 1 amide bonds. The highest BCUT2D eigenvalue weighted by atomic mass is 16.6. The summed E-state index contributed by atoms with van der Waals surface area (Å²) >= 11 is 0. The Labute approximate surface area is 164 Å². The maximum absolute atomic E-state index is 12.5. The molecule has 1 aromatic rings. The van der Waals surface area contributed by atoms with Crippen LogP contribution in [0.25, 0.3) is 0 Å². The Morgan fingerprint density at radius 2 is 2.07 bits per heavy atom. The Kier molecular flexibility index (Phi) is 8.87. The second-order valence-electron chi connectivity index (χ2n) is 7.11. The molecule has 1 aromatic carbocycles. The van der Waals surface area contributed by atoms with E-state index in [0.29, 0.717) is 43.9 Å². The molecule has 0 atom stereocenters. The van der Waals surface area contributed by atoms with Crippen molar-refractivity contribution in [1.29, 1.82) is 0 Å². The zero-order chi connectivity index (χ0) is 20.4. The van der Waals surface area contributed by atoms with E-state index >= 15 is 0 Å². The average Bonchev–Trinajstić information content (AvgIpc) is 2.71. The molecule has 1 aliphatic carbocycles. The minimum atomic E-state index is -0.617. The van der Waals surface area contributed by atoms with Crippen molar-refractivity contribution in [3.63, 3.8) is 0 Å². The largest absolute Gasteiger partial charge is 0.494 e. The van der Waals surface area contributed by atoms with Gasteiger partial charge in [0.05, 0.1) is 23.7 Å². The first-order valence-electron chi connectivity index (χ1n) is 9.80. The van der Waals surface area contributed by atoms with Crippen molar-refractivity contribution in [3.8, 4) is 5.75 Å². The summed E-state index contributed by atoms with van der Waals surface area (Å²) in [5.74, 6) is 0.873. The average molecular weight is 392 g/mol. The molecule has 2 rings (SSSR count). The summed E-state index contributed by atoms with van der Waals surface area (Å²) in [7, 11) is 0. The Morgan fingerprint density at radius 1 is 1.32 bits per heavy atom. The van der Waals surface area contributed by atoms with E-state index < -0.39 is 4.92 Å². The monoisotopic (exact) mass is 392 g/mol. The lowest BCUT2D eigenvalue weighted by molar-refractivity contribution is -0.385. The van der Waals surface area contributed by atoms with Gasteiger partial charge in [-0.3, -0.25) is 19.7 Å². The smallest absolute Gasteiger partial charge is 0.280 e. The van der Waals surface area contributed by atoms with Gasteiger partial charge < -0.3 is 14.7 Å². The quantitative estimate of drug-likeness (QED) is 0.268. The standard InChI is InChI=1S/C20H28N2O6/c23-11-10-21(14-16-5-2-1-3-6-16)20(25)7-4-12-28-18-8-9-19(22(26)27)17(13-18)15-24/h8-9,13,15-16,23H,1-7,10-12,14H2. The number of carbonyl (C=O) groups excluding carboxylic acids is 2. The summed E-state index contributed by atoms with van der Waals surface area (Å²) in [6.07, 6.45) is 7.16. The molecule has 0 heterocycles. The second-order valence-corrected chi connectivity index (χ2v) is 7.11. The minimum absolute atomic E-state index is 0.000466. The van der Waals surface area contributed by atoms with E-state index in [-0.39, 0.29) is 30.4 Å². The van der Waals surface area contributed by atoms with Crippen LogP contribution < -0.4 is 4.74 Å². The molecule has 0 bridgehead atoms. The number of rotatable bonds is 11. The summed E-state index contributed by atoms with van der Waals surface area (Å²) in [6.45, 7) is 1.26. The van der Waals surface area contributed by atoms with Crippen LogP contribution in [0.5, 0.6) is 5.75 Å². The molecule has 1 N–H and O–H groups in total. The van der Waals surface area contributed by atoms with Gasteiger partial charge in [-0.25, -0.2) is 0 Å². The van der Waals surface area contributed by atoms with E-state index in [1.54, 1.807) is 4.90 Å². The number of ether oxygens (including phenoxy) is 1. The molecular weight excluding hydrogens is 364 g/mol. The van der Waals surface area contributed by atoms with E-state index in [1.165, 1.54) is 37.5 Å². The van der Waals surface area contributed by atoms with Gasteiger partial charge in [0, 0.05) is 25.6 Å². The molecule has 0 unspecified atom stereocenters. The zero-order valence-corrected chi connectivity index (χ0v) is 16.0. The van der Waals surface area contributed by atoms with Crippen molar-refractivity contribution in [2.24, 2.45) is 5.92 Å². The third kappa shape index (κ3) is 6.60. The van der Waals surface area contributed by atoms with E-state index in [4.69, 9.17) is 4.74 Å². The number of carbonyl (C=O) groups is 2. The molecular formula is C20H28N2O6. The molecule has 1 aliphatic rings. The number of hydrogen-bond donors (Lipinski definition) is 1.